The molecule has 0 amide bonds. The van der Waals surface area contributed by atoms with Gasteiger partial charge in [0.1, 0.15) is 0 Å². The molecule has 0 radical (unpaired) electrons. The van der Waals surface area contributed by atoms with Crippen LogP contribution in [0, 0.1) is 0 Å². The van der Waals surface area contributed by atoms with E-state index in [4.69, 9.17) is 0 Å². The Morgan fingerprint density at radius 3 is 2.24 bits per heavy atom. The number of alkyl halides is 2. The van der Waals surface area contributed by atoms with E-state index in [0.717, 1.165) is 31.4 Å². The van der Waals surface area contributed by atoms with Crippen LogP contribution in [0.4, 0.5) is 14.5 Å². The topological polar surface area (TPSA) is 57.6 Å². The van der Waals surface area contributed by atoms with Crippen molar-refractivity contribution in [2.24, 2.45) is 0 Å². The van der Waals surface area contributed by atoms with Gasteiger partial charge in [0.05, 0.1) is 11.5 Å². The molecule has 2 rings (SSSR count). The summed E-state index contributed by atoms with van der Waals surface area (Å²) in [4.78, 5) is 1.64. The Morgan fingerprint density at radius 1 is 1.19 bits per heavy atom. The van der Waals surface area contributed by atoms with Crippen molar-refractivity contribution < 1.29 is 22.3 Å². The smallest absolute Gasteiger partial charge is 0.341 e. The van der Waals surface area contributed by atoms with Crippen LogP contribution in [0.1, 0.15) is 25.7 Å². The van der Waals surface area contributed by atoms with Crippen molar-refractivity contribution in [3.8, 4) is 0 Å². The van der Waals surface area contributed by atoms with Crippen LogP contribution in [0.3, 0.4) is 0 Å². The first kappa shape index (κ1) is 16.2. The Kier molecular flexibility index (Phi) is 5.16. The van der Waals surface area contributed by atoms with E-state index in [2.05, 4.69) is 0 Å². The molecule has 0 aliphatic heterocycles. The number of nitrogens with zero attached hydrogens (tertiary/aromatic N) is 1. The number of sulfone groups is 1. The Morgan fingerprint density at radius 2 is 1.76 bits per heavy atom. The zero-order chi connectivity index (χ0) is 15.5. The lowest BCUT2D eigenvalue weighted by molar-refractivity contribution is 0.234. The lowest BCUT2D eigenvalue weighted by atomic mass is 10.1. The summed E-state index contributed by atoms with van der Waals surface area (Å²) in [6.45, 7) is 0.444. The summed E-state index contributed by atoms with van der Waals surface area (Å²) in [5.41, 5.74) is 0.754. The maximum Gasteiger partial charge on any atom is 0.341 e. The van der Waals surface area contributed by atoms with E-state index in [1.807, 2.05) is 4.90 Å². The Hall–Kier alpha value is -1.21. The van der Waals surface area contributed by atoms with Gasteiger partial charge in [-0.15, -0.1) is 0 Å². The van der Waals surface area contributed by atoms with E-state index >= 15 is 0 Å². The molecule has 0 bridgehead atoms. The highest BCUT2D eigenvalue weighted by atomic mass is 32.2. The minimum Gasteiger partial charge on any atom is -0.395 e. The molecule has 1 fully saturated rings. The second kappa shape index (κ2) is 6.70. The van der Waals surface area contributed by atoms with Gasteiger partial charge in [-0.05, 0) is 37.1 Å². The van der Waals surface area contributed by atoms with E-state index in [0.29, 0.717) is 12.6 Å². The molecule has 0 saturated heterocycles. The molecule has 4 nitrogen and oxygen atoms in total. The van der Waals surface area contributed by atoms with Gasteiger partial charge in [0.2, 0.25) is 9.84 Å². The van der Waals surface area contributed by atoms with Crippen LogP contribution in [0.2, 0.25) is 0 Å². The van der Waals surface area contributed by atoms with Crippen molar-refractivity contribution in [2.75, 3.05) is 18.1 Å². The van der Waals surface area contributed by atoms with Crippen molar-refractivity contribution >= 4 is 15.5 Å². The number of aliphatic hydroxyl groups is 1. The fourth-order valence-electron chi connectivity index (χ4n) is 2.78. The summed E-state index contributed by atoms with van der Waals surface area (Å²) in [6.07, 6.45) is 4.31. The molecular formula is C14H19F2NO3S. The Balaban J connectivity index is 2.23. The fraction of sp³-hybridized carbons (Fsp3) is 0.571. The number of aliphatic hydroxyl groups excluding tert-OH is 1. The number of anilines is 1. The van der Waals surface area contributed by atoms with Crippen molar-refractivity contribution in [2.45, 2.75) is 42.4 Å². The van der Waals surface area contributed by atoms with Gasteiger partial charge < -0.3 is 10.0 Å². The van der Waals surface area contributed by atoms with Crippen LogP contribution in [-0.2, 0) is 9.84 Å². The van der Waals surface area contributed by atoms with Gasteiger partial charge in [0, 0.05) is 18.3 Å². The van der Waals surface area contributed by atoms with E-state index in [1.54, 1.807) is 0 Å². The average Bonchev–Trinajstić information content (AvgIpc) is 2.98. The Bertz CT molecular complexity index is 554. The largest absolute Gasteiger partial charge is 0.395 e. The molecule has 0 aromatic heterocycles. The molecule has 1 aromatic carbocycles. The van der Waals surface area contributed by atoms with E-state index in [9.17, 15) is 22.3 Å². The van der Waals surface area contributed by atoms with Gasteiger partial charge in [0.25, 0.3) is 0 Å². The van der Waals surface area contributed by atoms with Gasteiger partial charge in [-0.25, -0.2) is 8.42 Å². The number of hydrogen-bond acceptors (Lipinski definition) is 4. The highest BCUT2D eigenvalue weighted by Gasteiger charge is 2.27. The number of benzene rings is 1. The zero-order valence-corrected chi connectivity index (χ0v) is 12.4. The first-order valence-electron chi connectivity index (χ1n) is 6.96. The molecule has 7 heteroatoms. The molecule has 118 valence electrons. The van der Waals surface area contributed by atoms with Crippen LogP contribution >= 0.6 is 0 Å². The van der Waals surface area contributed by atoms with E-state index < -0.39 is 15.6 Å². The molecule has 21 heavy (non-hydrogen) atoms. The quantitative estimate of drug-likeness (QED) is 0.875. The summed E-state index contributed by atoms with van der Waals surface area (Å²) < 4.78 is 47.8. The first-order valence-corrected chi connectivity index (χ1v) is 8.51. The lowest BCUT2D eigenvalue weighted by Crippen LogP contribution is -2.35. The molecule has 1 aliphatic carbocycles. The van der Waals surface area contributed by atoms with Gasteiger partial charge in [-0.3, -0.25) is 0 Å². The molecule has 1 aliphatic rings. The van der Waals surface area contributed by atoms with Crippen molar-refractivity contribution in [1.29, 1.82) is 0 Å². The van der Waals surface area contributed by atoms with Crippen LogP contribution in [0.15, 0.2) is 29.2 Å². The van der Waals surface area contributed by atoms with Crippen LogP contribution in [0.25, 0.3) is 0 Å². The summed E-state index contributed by atoms with van der Waals surface area (Å²) in [7, 11) is -4.55. The van der Waals surface area contributed by atoms with Crippen LogP contribution in [-0.4, -0.2) is 38.5 Å². The number of rotatable bonds is 6. The van der Waals surface area contributed by atoms with E-state index in [-0.39, 0.29) is 11.5 Å². The third-order valence-electron chi connectivity index (χ3n) is 3.84. The Labute approximate surface area is 123 Å². The van der Waals surface area contributed by atoms with Crippen LogP contribution < -0.4 is 4.90 Å². The van der Waals surface area contributed by atoms with Gasteiger partial charge in [-0.1, -0.05) is 12.8 Å². The highest BCUT2D eigenvalue weighted by Crippen LogP contribution is 2.29. The van der Waals surface area contributed by atoms with E-state index in [1.165, 1.54) is 24.3 Å². The first-order chi connectivity index (χ1) is 9.96. The van der Waals surface area contributed by atoms with Crippen molar-refractivity contribution in [1.82, 2.24) is 0 Å². The molecule has 1 saturated carbocycles. The summed E-state index contributed by atoms with van der Waals surface area (Å²) in [5, 5.41) is 9.18. The van der Waals surface area contributed by atoms with Crippen molar-refractivity contribution in [3.05, 3.63) is 24.3 Å². The molecule has 1 N–H and O–H groups in total. The highest BCUT2D eigenvalue weighted by molar-refractivity contribution is 7.91. The summed E-state index contributed by atoms with van der Waals surface area (Å²) in [6, 6.07) is 5.79. The monoisotopic (exact) mass is 319 g/mol. The molecule has 0 unspecified atom stereocenters. The number of hydrogen-bond donors (Lipinski definition) is 1. The van der Waals surface area contributed by atoms with Gasteiger partial charge in [-0.2, -0.15) is 8.78 Å². The second-order valence-electron chi connectivity index (χ2n) is 5.15. The maximum absolute atomic E-state index is 12.5. The molecule has 0 atom stereocenters. The SMILES string of the molecule is O=S(=O)(c1ccc(N(CCO)C2CCCC2)cc1)C(F)F. The fourth-order valence-corrected chi connectivity index (χ4v) is 3.50. The standard InChI is InChI=1S/C14H19F2NO3S/c15-14(16)21(19,20)13-7-5-12(6-8-13)17(9-10-18)11-3-1-2-4-11/h5-8,11,14,18H,1-4,9-10H2. The van der Waals surface area contributed by atoms with Gasteiger partial charge >= 0.3 is 5.76 Å². The molecular weight excluding hydrogens is 300 g/mol. The van der Waals surface area contributed by atoms with Crippen LogP contribution in [0.5, 0.6) is 0 Å². The maximum atomic E-state index is 12.5. The summed E-state index contributed by atoms with van der Waals surface area (Å²) in [5.74, 6) is -3.41. The predicted octanol–water partition coefficient (Wildman–Crippen LogP) is 2.42. The average molecular weight is 319 g/mol. The normalized spacial score (nSPS) is 16.6. The third kappa shape index (κ3) is 3.52. The van der Waals surface area contributed by atoms with Gasteiger partial charge in [0.15, 0.2) is 0 Å². The minimum absolute atomic E-state index is 0.00636. The summed E-state index contributed by atoms with van der Waals surface area (Å²) >= 11 is 0. The molecule has 0 spiro atoms. The second-order valence-corrected chi connectivity index (χ2v) is 7.07. The third-order valence-corrected chi connectivity index (χ3v) is 5.24. The minimum atomic E-state index is -4.55. The lowest BCUT2D eigenvalue weighted by Gasteiger charge is -2.30. The number of halogens is 2. The molecule has 0 heterocycles. The van der Waals surface area contributed by atoms with Crippen molar-refractivity contribution in [3.63, 3.8) is 0 Å². The predicted molar refractivity (Wildman–Crippen MR) is 76.3 cm³/mol. The zero-order valence-electron chi connectivity index (χ0n) is 11.6. The molecule has 1 aromatic rings.